The third kappa shape index (κ3) is 2.74. The first-order valence-corrected chi connectivity index (χ1v) is 7.34. The van der Waals surface area contributed by atoms with Gasteiger partial charge in [0.2, 0.25) is 0 Å². The minimum Gasteiger partial charge on any atom is -0.378 e. The molecule has 104 valence electrons. The summed E-state index contributed by atoms with van der Waals surface area (Å²) in [4.78, 5) is 9.51. The molecule has 3 heterocycles. The van der Waals surface area contributed by atoms with Crippen LogP contribution >= 0.6 is 0 Å². The summed E-state index contributed by atoms with van der Waals surface area (Å²) in [6.07, 6.45) is 5.81. The first-order valence-electron chi connectivity index (χ1n) is 7.34. The Morgan fingerprint density at radius 1 is 1.21 bits per heavy atom. The Morgan fingerprint density at radius 3 is 2.84 bits per heavy atom. The number of aromatic nitrogens is 1. The van der Waals surface area contributed by atoms with E-state index in [2.05, 4.69) is 34.0 Å². The van der Waals surface area contributed by atoms with Crippen molar-refractivity contribution in [1.29, 1.82) is 0 Å². The number of anilines is 1. The van der Waals surface area contributed by atoms with E-state index in [-0.39, 0.29) is 0 Å². The van der Waals surface area contributed by atoms with Gasteiger partial charge in [-0.05, 0) is 32.5 Å². The molecule has 0 aliphatic carbocycles. The van der Waals surface area contributed by atoms with E-state index >= 15 is 0 Å². The van der Waals surface area contributed by atoms with E-state index < -0.39 is 0 Å². The lowest BCUT2D eigenvalue weighted by molar-refractivity contribution is 0.122. The minimum absolute atomic E-state index is 0.528. The Bertz CT molecular complexity index is 418. The summed E-state index contributed by atoms with van der Waals surface area (Å²) in [5.74, 6) is 1.17. The van der Waals surface area contributed by atoms with Gasteiger partial charge < -0.3 is 9.64 Å². The lowest BCUT2D eigenvalue weighted by Crippen LogP contribution is -2.38. The van der Waals surface area contributed by atoms with Crippen LogP contribution in [0.3, 0.4) is 0 Å². The lowest BCUT2D eigenvalue weighted by Gasteiger charge is -2.36. The van der Waals surface area contributed by atoms with Gasteiger partial charge >= 0.3 is 0 Å². The van der Waals surface area contributed by atoms with Crippen LogP contribution in [0.25, 0.3) is 0 Å². The van der Waals surface area contributed by atoms with Crippen LogP contribution in [0.5, 0.6) is 0 Å². The molecule has 1 aromatic rings. The van der Waals surface area contributed by atoms with Crippen LogP contribution in [-0.2, 0) is 4.74 Å². The summed E-state index contributed by atoms with van der Waals surface area (Å²) in [6, 6.07) is 4.85. The fraction of sp³-hybridized carbons (Fsp3) is 0.667. The standard InChI is InChI=1S/C15H23N3O/c1-17-8-3-2-6-14(17)13-5-4-7-16-15(13)18-9-11-19-12-10-18/h4-5,7,14H,2-3,6,8-12H2,1H3/t14-/m1/s1. The number of likely N-dealkylation sites (tertiary alicyclic amines) is 1. The van der Waals surface area contributed by atoms with Crippen molar-refractivity contribution in [3.05, 3.63) is 23.9 Å². The van der Waals surface area contributed by atoms with Crippen molar-refractivity contribution in [3.63, 3.8) is 0 Å². The highest BCUT2D eigenvalue weighted by atomic mass is 16.5. The van der Waals surface area contributed by atoms with Crippen LogP contribution in [-0.4, -0.2) is 49.8 Å². The summed E-state index contributed by atoms with van der Waals surface area (Å²) in [6.45, 7) is 4.75. The van der Waals surface area contributed by atoms with E-state index in [9.17, 15) is 0 Å². The summed E-state index contributed by atoms with van der Waals surface area (Å²) in [5, 5.41) is 0. The van der Waals surface area contributed by atoms with Crippen molar-refractivity contribution in [2.75, 3.05) is 44.8 Å². The van der Waals surface area contributed by atoms with Crippen LogP contribution in [0.15, 0.2) is 18.3 Å². The number of hydrogen-bond donors (Lipinski definition) is 0. The molecule has 2 aliphatic rings. The topological polar surface area (TPSA) is 28.6 Å². The van der Waals surface area contributed by atoms with Crippen LogP contribution in [0.4, 0.5) is 5.82 Å². The molecule has 3 rings (SSSR count). The molecule has 1 aromatic heterocycles. The number of rotatable bonds is 2. The molecule has 19 heavy (non-hydrogen) atoms. The highest BCUT2D eigenvalue weighted by molar-refractivity contribution is 5.49. The van der Waals surface area contributed by atoms with Crippen molar-refractivity contribution in [2.24, 2.45) is 0 Å². The van der Waals surface area contributed by atoms with Crippen LogP contribution in [0.2, 0.25) is 0 Å². The first kappa shape index (κ1) is 12.9. The molecule has 0 aromatic carbocycles. The van der Waals surface area contributed by atoms with E-state index in [1.165, 1.54) is 37.2 Å². The van der Waals surface area contributed by atoms with Crippen LogP contribution in [0, 0.1) is 0 Å². The van der Waals surface area contributed by atoms with E-state index in [0.717, 1.165) is 26.3 Å². The summed E-state index contributed by atoms with van der Waals surface area (Å²) in [7, 11) is 2.24. The van der Waals surface area contributed by atoms with Crippen LogP contribution in [0.1, 0.15) is 30.9 Å². The molecule has 0 saturated carbocycles. The number of hydrogen-bond acceptors (Lipinski definition) is 4. The second kappa shape index (κ2) is 5.88. The predicted octanol–water partition coefficient (Wildman–Crippen LogP) is 2.08. The minimum atomic E-state index is 0.528. The zero-order valence-corrected chi connectivity index (χ0v) is 11.7. The molecular weight excluding hydrogens is 238 g/mol. The molecule has 2 aliphatic heterocycles. The molecular formula is C15H23N3O. The largest absolute Gasteiger partial charge is 0.378 e. The third-order valence-corrected chi connectivity index (χ3v) is 4.26. The highest BCUT2D eigenvalue weighted by Crippen LogP contribution is 2.34. The van der Waals surface area contributed by atoms with Crippen molar-refractivity contribution in [2.45, 2.75) is 25.3 Å². The Hall–Kier alpha value is -1.13. The number of pyridine rings is 1. The molecule has 0 radical (unpaired) electrons. The van der Waals surface area contributed by atoms with Gasteiger partial charge in [-0.2, -0.15) is 0 Å². The van der Waals surface area contributed by atoms with Gasteiger partial charge in [0.1, 0.15) is 5.82 Å². The molecule has 2 saturated heterocycles. The van der Waals surface area contributed by atoms with Gasteiger partial charge in [-0.25, -0.2) is 4.98 Å². The van der Waals surface area contributed by atoms with Gasteiger partial charge in [-0.15, -0.1) is 0 Å². The maximum Gasteiger partial charge on any atom is 0.133 e. The van der Waals surface area contributed by atoms with Crippen molar-refractivity contribution < 1.29 is 4.74 Å². The van der Waals surface area contributed by atoms with Gasteiger partial charge in [0.15, 0.2) is 0 Å². The molecule has 2 fully saturated rings. The summed E-state index contributed by atoms with van der Waals surface area (Å²) >= 11 is 0. The molecule has 0 N–H and O–H groups in total. The quantitative estimate of drug-likeness (QED) is 0.815. The van der Waals surface area contributed by atoms with E-state index in [1.807, 2.05) is 6.20 Å². The first-order chi connectivity index (χ1) is 9.36. The maximum atomic E-state index is 5.45. The lowest BCUT2D eigenvalue weighted by atomic mass is 9.96. The van der Waals surface area contributed by atoms with E-state index in [1.54, 1.807) is 0 Å². The molecule has 0 unspecified atom stereocenters. The smallest absolute Gasteiger partial charge is 0.133 e. The average Bonchev–Trinajstić information content (AvgIpc) is 2.49. The summed E-state index contributed by atoms with van der Waals surface area (Å²) < 4.78 is 5.45. The van der Waals surface area contributed by atoms with Crippen molar-refractivity contribution >= 4 is 5.82 Å². The number of ether oxygens (including phenoxy) is 1. The number of morpholine rings is 1. The second-order valence-corrected chi connectivity index (χ2v) is 5.51. The Labute approximate surface area is 115 Å². The molecule has 0 spiro atoms. The molecule has 4 nitrogen and oxygen atoms in total. The molecule has 0 amide bonds. The molecule has 1 atom stereocenters. The maximum absolute atomic E-state index is 5.45. The zero-order valence-electron chi connectivity index (χ0n) is 11.7. The zero-order chi connectivity index (χ0) is 13.1. The highest BCUT2D eigenvalue weighted by Gasteiger charge is 2.26. The van der Waals surface area contributed by atoms with Gasteiger partial charge in [0, 0.05) is 30.9 Å². The van der Waals surface area contributed by atoms with Gasteiger partial charge in [0.05, 0.1) is 13.2 Å². The fourth-order valence-electron chi connectivity index (χ4n) is 3.18. The van der Waals surface area contributed by atoms with Gasteiger partial charge in [0.25, 0.3) is 0 Å². The second-order valence-electron chi connectivity index (χ2n) is 5.51. The molecule has 4 heteroatoms. The predicted molar refractivity (Wildman–Crippen MR) is 76.5 cm³/mol. The number of piperidine rings is 1. The third-order valence-electron chi connectivity index (χ3n) is 4.26. The van der Waals surface area contributed by atoms with Crippen LogP contribution < -0.4 is 4.90 Å². The normalized spacial score (nSPS) is 25.5. The SMILES string of the molecule is CN1CCCC[C@@H]1c1cccnc1N1CCOCC1. The number of nitrogens with zero attached hydrogens (tertiary/aromatic N) is 3. The Kier molecular flexibility index (Phi) is 3.99. The Balaban J connectivity index is 1.87. The van der Waals surface area contributed by atoms with E-state index in [4.69, 9.17) is 4.74 Å². The molecule has 0 bridgehead atoms. The van der Waals surface area contributed by atoms with Gasteiger partial charge in [-0.1, -0.05) is 12.5 Å². The monoisotopic (exact) mass is 261 g/mol. The summed E-state index contributed by atoms with van der Waals surface area (Å²) in [5.41, 5.74) is 1.40. The van der Waals surface area contributed by atoms with Gasteiger partial charge in [-0.3, -0.25) is 4.90 Å². The fourth-order valence-corrected chi connectivity index (χ4v) is 3.18. The van der Waals surface area contributed by atoms with E-state index in [0.29, 0.717) is 6.04 Å². The van der Waals surface area contributed by atoms with Crippen molar-refractivity contribution in [1.82, 2.24) is 9.88 Å². The average molecular weight is 261 g/mol. The Morgan fingerprint density at radius 2 is 2.05 bits per heavy atom. The van der Waals surface area contributed by atoms with Crippen molar-refractivity contribution in [3.8, 4) is 0 Å².